The number of benzene rings is 2. The minimum Gasteiger partial charge on any atom is -0.495 e. The molecule has 0 amide bonds. The van der Waals surface area contributed by atoms with Gasteiger partial charge in [-0.1, -0.05) is 26.0 Å². The highest BCUT2D eigenvalue weighted by Crippen LogP contribution is 2.42. The van der Waals surface area contributed by atoms with Crippen LogP contribution < -0.4 is 9.46 Å². The number of aromatic nitrogens is 1. The highest BCUT2D eigenvalue weighted by Gasteiger charge is 2.27. The van der Waals surface area contributed by atoms with Gasteiger partial charge in [0.2, 0.25) is 0 Å². The van der Waals surface area contributed by atoms with Gasteiger partial charge >= 0.3 is 5.97 Å². The van der Waals surface area contributed by atoms with Gasteiger partial charge < -0.3 is 14.6 Å². The van der Waals surface area contributed by atoms with E-state index in [1.165, 1.54) is 18.4 Å². The molecule has 0 aliphatic heterocycles. The van der Waals surface area contributed by atoms with Crippen LogP contribution in [0.15, 0.2) is 34.7 Å². The van der Waals surface area contributed by atoms with Crippen LogP contribution >= 0.6 is 23.3 Å². The third kappa shape index (κ3) is 5.52. The molecule has 2 aromatic carbocycles. The highest BCUT2D eigenvalue weighted by molar-refractivity contribution is 8.00. The number of carboxylic acids is 1. The van der Waals surface area contributed by atoms with E-state index in [4.69, 9.17) is 9.84 Å². The maximum absolute atomic E-state index is 15.4. The molecule has 1 aliphatic rings. The lowest BCUT2D eigenvalue weighted by Gasteiger charge is -2.31. The number of hydrogen-bond donors (Lipinski definition) is 2. The van der Waals surface area contributed by atoms with Crippen LogP contribution in [0.5, 0.6) is 5.75 Å². The molecule has 4 rings (SSSR count). The van der Waals surface area contributed by atoms with E-state index in [0.717, 1.165) is 66.8 Å². The van der Waals surface area contributed by atoms with Crippen LogP contribution in [-0.4, -0.2) is 23.2 Å². The van der Waals surface area contributed by atoms with E-state index >= 15 is 4.39 Å². The molecule has 9 heteroatoms. The Morgan fingerprint density at radius 2 is 1.94 bits per heavy atom. The number of nitrogens with zero attached hydrogens (tertiary/aromatic N) is 1. The summed E-state index contributed by atoms with van der Waals surface area (Å²) in [6, 6.07) is 6.10. The quantitative estimate of drug-likeness (QED) is 0.285. The van der Waals surface area contributed by atoms with Crippen LogP contribution in [0.2, 0.25) is 0 Å². The molecule has 0 bridgehead atoms. The van der Waals surface area contributed by atoms with Crippen molar-refractivity contribution in [3.63, 3.8) is 0 Å². The number of carbonyl (C=O) groups is 1. The Morgan fingerprint density at radius 3 is 2.58 bits per heavy atom. The predicted molar refractivity (Wildman–Crippen MR) is 141 cm³/mol. The predicted octanol–water partition coefficient (Wildman–Crippen LogP) is 8.15. The molecular weight excluding hydrogens is 502 g/mol. The SMILES string of the molecule is COc1cc(C(=O)O)c(F)cc1NSc1csc(-c2ccc(C3CCC(C(C)C)CC3)c(F)c2C)n1. The van der Waals surface area contributed by atoms with Crippen LogP contribution in [0.3, 0.4) is 0 Å². The number of anilines is 1. The number of hydrogen-bond acceptors (Lipinski definition) is 6. The normalized spacial score (nSPS) is 17.9. The largest absolute Gasteiger partial charge is 0.495 e. The fraction of sp³-hybridized carbons (Fsp3) is 0.407. The second kappa shape index (κ2) is 11.2. The summed E-state index contributed by atoms with van der Waals surface area (Å²) in [4.78, 5) is 15.8. The van der Waals surface area contributed by atoms with E-state index in [1.54, 1.807) is 6.92 Å². The zero-order valence-electron chi connectivity index (χ0n) is 20.7. The van der Waals surface area contributed by atoms with Crippen LogP contribution in [0, 0.1) is 30.4 Å². The van der Waals surface area contributed by atoms with E-state index in [9.17, 15) is 9.18 Å². The Hall–Kier alpha value is -2.65. The van der Waals surface area contributed by atoms with E-state index in [-0.39, 0.29) is 17.5 Å². The van der Waals surface area contributed by atoms with Crippen LogP contribution in [-0.2, 0) is 0 Å². The molecule has 192 valence electrons. The average Bonchev–Trinajstić information content (AvgIpc) is 3.33. The van der Waals surface area contributed by atoms with Crippen LogP contribution in [0.1, 0.15) is 66.9 Å². The first-order valence-corrected chi connectivity index (χ1v) is 13.7. The summed E-state index contributed by atoms with van der Waals surface area (Å²) < 4.78 is 37.7. The molecule has 1 fully saturated rings. The van der Waals surface area contributed by atoms with Gasteiger partial charge in [-0.15, -0.1) is 11.3 Å². The van der Waals surface area contributed by atoms with Crippen LogP contribution in [0.25, 0.3) is 10.6 Å². The Balaban J connectivity index is 1.48. The lowest BCUT2D eigenvalue weighted by atomic mass is 9.74. The van der Waals surface area contributed by atoms with Crippen molar-refractivity contribution in [3.8, 4) is 16.3 Å². The molecule has 5 nitrogen and oxygen atoms in total. The van der Waals surface area contributed by atoms with Gasteiger partial charge in [0.25, 0.3) is 0 Å². The molecule has 3 aromatic rings. The number of carboxylic acid groups (broad SMARTS) is 1. The molecule has 1 aromatic heterocycles. The molecule has 0 atom stereocenters. The van der Waals surface area contributed by atoms with E-state index < -0.39 is 17.3 Å². The molecule has 1 heterocycles. The topological polar surface area (TPSA) is 71.5 Å². The molecule has 1 saturated carbocycles. The fourth-order valence-electron chi connectivity index (χ4n) is 4.85. The monoisotopic (exact) mass is 532 g/mol. The van der Waals surface area contributed by atoms with Gasteiger partial charge in [0.15, 0.2) is 0 Å². The van der Waals surface area contributed by atoms with Crippen molar-refractivity contribution in [2.75, 3.05) is 11.8 Å². The first-order chi connectivity index (χ1) is 17.2. The maximum Gasteiger partial charge on any atom is 0.338 e. The van der Waals surface area contributed by atoms with Gasteiger partial charge in [0.05, 0.1) is 18.4 Å². The number of aromatic carboxylic acids is 1. The zero-order chi connectivity index (χ0) is 26.0. The van der Waals surface area contributed by atoms with Crippen molar-refractivity contribution in [3.05, 3.63) is 58.0 Å². The van der Waals surface area contributed by atoms with Gasteiger partial charge in [-0.2, -0.15) is 0 Å². The molecule has 0 radical (unpaired) electrons. The van der Waals surface area contributed by atoms with Crippen molar-refractivity contribution in [2.45, 2.75) is 57.4 Å². The first kappa shape index (κ1) is 26.4. The Morgan fingerprint density at radius 1 is 1.22 bits per heavy atom. The molecule has 2 N–H and O–H groups in total. The molecule has 36 heavy (non-hydrogen) atoms. The van der Waals surface area contributed by atoms with Gasteiger partial charge in [-0.25, -0.2) is 18.6 Å². The number of rotatable bonds is 8. The van der Waals surface area contributed by atoms with E-state index in [2.05, 4.69) is 23.6 Å². The summed E-state index contributed by atoms with van der Waals surface area (Å²) in [5.74, 6) is -0.497. The molecule has 0 spiro atoms. The summed E-state index contributed by atoms with van der Waals surface area (Å²) in [5.41, 5.74) is 2.00. The Labute approximate surface area is 218 Å². The van der Waals surface area contributed by atoms with Crippen molar-refractivity contribution in [1.29, 1.82) is 0 Å². The van der Waals surface area contributed by atoms with Crippen LogP contribution in [0.4, 0.5) is 14.5 Å². The smallest absolute Gasteiger partial charge is 0.338 e. The molecular formula is C27H30F2N2O3S2. The average molecular weight is 533 g/mol. The fourth-order valence-corrected chi connectivity index (χ4v) is 6.52. The number of methoxy groups -OCH3 is 1. The summed E-state index contributed by atoms with van der Waals surface area (Å²) in [6.07, 6.45) is 4.35. The number of thiazole rings is 1. The summed E-state index contributed by atoms with van der Waals surface area (Å²) in [7, 11) is 1.38. The number of nitrogens with one attached hydrogen (secondary N) is 1. The first-order valence-electron chi connectivity index (χ1n) is 12.0. The van der Waals surface area contributed by atoms with Crippen molar-refractivity contribution < 1.29 is 23.4 Å². The minimum absolute atomic E-state index is 0.137. The van der Waals surface area contributed by atoms with Crippen molar-refractivity contribution in [2.24, 2.45) is 11.8 Å². The minimum atomic E-state index is -1.37. The van der Waals surface area contributed by atoms with Gasteiger partial charge in [-0.05, 0) is 67.6 Å². The number of ether oxygens (including phenoxy) is 1. The van der Waals surface area contributed by atoms with Gasteiger partial charge in [0.1, 0.15) is 27.4 Å². The lowest BCUT2D eigenvalue weighted by molar-refractivity contribution is 0.0691. The molecule has 0 unspecified atom stereocenters. The standard InChI is InChI=1S/C27H30F2N2O3S2/c1-14(2)16-5-7-17(8-6-16)19-10-9-18(15(3)25(19)29)26-30-24(13-35-26)36-31-22-12-21(28)20(27(32)33)11-23(22)34-4/h9-14,16-17,31H,5-8H2,1-4H3,(H,32,33). The highest BCUT2D eigenvalue weighted by atomic mass is 32.2. The Kier molecular flexibility index (Phi) is 8.20. The second-order valence-corrected chi connectivity index (χ2v) is 11.2. The molecule has 0 saturated heterocycles. The Bertz CT molecular complexity index is 1250. The third-order valence-corrected chi connectivity index (χ3v) is 8.83. The lowest BCUT2D eigenvalue weighted by Crippen LogP contribution is -2.18. The summed E-state index contributed by atoms with van der Waals surface area (Å²) in [6.45, 7) is 6.34. The van der Waals surface area contributed by atoms with E-state index in [1.807, 2.05) is 17.5 Å². The van der Waals surface area contributed by atoms with Crippen molar-refractivity contribution >= 4 is 34.9 Å². The second-order valence-electron chi connectivity index (χ2n) is 9.53. The van der Waals surface area contributed by atoms with Gasteiger partial charge in [0, 0.05) is 29.0 Å². The summed E-state index contributed by atoms with van der Waals surface area (Å²) in [5, 5.41) is 12.3. The number of halogens is 2. The summed E-state index contributed by atoms with van der Waals surface area (Å²) >= 11 is 2.54. The maximum atomic E-state index is 15.4. The molecule has 1 aliphatic carbocycles. The van der Waals surface area contributed by atoms with Gasteiger partial charge in [-0.3, -0.25) is 0 Å². The van der Waals surface area contributed by atoms with E-state index in [0.29, 0.717) is 27.2 Å². The zero-order valence-corrected chi connectivity index (χ0v) is 22.4. The third-order valence-electron chi connectivity index (χ3n) is 7.07. The van der Waals surface area contributed by atoms with Crippen molar-refractivity contribution in [1.82, 2.24) is 4.98 Å².